The number of ether oxygens (including phenoxy) is 2. The standard InChI is InChI=1S/C28H47NO6/c1-8-28(5,6)27(33)35-24-14-17(2)13-20-10-9-18(3)23(26(20)24)12-11-21(30)15-22(31)16-25(32)29-19(4)34-7/h9-10,13,17-19,21-24,26,30-31H,8,11-12,14-16H2,1-7H3,(H,29,32)/t17-,18-,19?,21+,22+,23-,24-,26-/m0/s1. The van der Waals surface area contributed by atoms with Gasteiger partial charge in [-0.2, -0.15) is 0 Å². The number of carbonyl (C=O) groups excluding carboxylic acids is 2. The molecule has 0 saturated carbocycles. The molecule has 200 valence electrons. The number of aliphatic hydroxyl groups is 2. The van der Waals surface area contributed by atoms with Crippen molar-refractivity contribution in [1.82, 2.24) is 5.32 Å². The first-order valence-electron chi connectivity index (χ1n) is 13.2. The molecule has 3 N–H and O–H groups in total. The Hall–Kier alpha value is -1.70. The molecule has 1 amide bonds. The minimum Gasteiger partial charge on any atom is -0.461 e. The van der Waals surface area contributed by atoms with Crippen LogP contribution in [0.1, 0.15) is 80.1 Å². The summed E-state index contributed by atoms with van der Waals surface area (Å²) < 4.78 is 11.2. The second kappa shape index (κ2) is 13.0. The van der Waals surface area contributed by atoms with Crippen LogP contribution in [0.3, 0.4) is 0 Å². The average molecular weight is 494 g/mol. The van der Waals surface area contributed by atoms with Crippen LogP contribution in [0.2, 0.25) is 0 Å². The van der Waals surface area contributed by atoms with Gasteiger partial charge in [-0.05, 0) is 76.2 Å². The van der Waals surface area contributed by atoms with Gasteiger partial charge in [-0.1, -0.05) is 39.0 Å². The van der Waals surface area contributed by atoms with E-state index in [4.69, 9.17) is 9.47 Å². The number of esters is 1. The molecule has 2 aliphatic carbocycles. The van der Waals surface area contributed by atoms with Crippen molar-refractivity contribution in [3.63, 3.8) is 0 Å². The SMILES string of the molecule is CCC(C)(C)C(=O)O[C@H]1C[C@@H](C)C=C2C=C[C@H](C)[C@H](CC[C@@H](O)C[C@@H](O)CC(=O)NC(C)OC)[C@H]21. The molecule has 7 heteroatoms. The van der Waals surface area contributed by atoms with Crippen molar-refractivity contribution in [3.8, 4) is 0 Å². The van der Waals surface area contributed by atoms with E-state index in [0.717, 1.165) is 19.3 Å². The zero-order chi connectivity index (χ0) is 26.3. The smallest absolute Gasteiger partial charge is 0.311 e. The van der Waals surface area contributed by atoms with Crippen LogP contribution in [0, 0.1) is 29.1 Å². The fourth-order valence-corrected chi connectivity index (χ4v) is 5.12. The summed E-state index contributed by atoms with van der Waals surface area (Å²) in [6.07, 6.45) is 7.26. The molecule has 0 aromatic heterocycles. The molecule has 2 rings (SSSR count). The molecular weight excluding hydrogens is 446 g/mol. The number of fused-ring (bicyclic) bond motifs is 1. The number of hydrogen-bond acceptors (Lipinski definition) is 6. The van der Waals surface area contributed by atoms with E-state index in [9.17, 15) is 19.8 Å². The Bertz CT molecular complexity index is 775. The molecule has 0 fully saturated rings. The van der Waals surface area contributed by atoms with E-state index < -0.39 is 23.9 Å². The molecule has 35 heavy (non-hydrogen) atoms. The summed E-state index contributed by atoms with van der Waals surface area (Å²) in [5.74, 6) is 0.472. The largest absolute Gasteiger partial charge is 0.461 e. The Kier molecular flexibility index (Phi) is 11.0. The van der Waals surface area contributed by atoms with Gasteiger partial charge in [0, 0.05) is 13.0 Å². The topological polar surface area (TPSA) is 105 Å². The summed E-state index contributed by atoms with van der Waals surface area (Å²) in [6.45, 7) is 11.9. The van der Waals surface area contributed by atoms with Crippen LogP contribution < -0.4 is 5.32 Å². The number of allylic oxidation sites excluding steroid dienone is 3. The molecule has 0 bridgehead atoms. The second-order valence-electron chi connectivity index (χ2n) is 11.2. The van der Waals surface area contributed by atoms with Gasteiger partial charge in [0.05, 0.1) is 24.0 Å². The molecule has 1 unspecified atom stereocenters. The molecule has 0 aliphatic heterocycles. The third kappa shape index (κ3) is 8.43. The van der Waals surface area contributed by atoms with Crippen molar-refractivity contribution in [2.24, 2.45) is 29.1 Å². The molecule has 2 aliphatic rings. The van der Waals surface area contributed by atoms with E-state index in [1.54, 1.807) is 6.92 Å². The maximum Gasteiger partial charge on any atom is 0.311 e. The first-order chi connectivity index (χ1) is 16.4. The highest BCUT2D eigenvalue weighted by molar-refractivity contribution is 5.76. The molecule has 0 aromatic carbocycles. The van der Waals surface area contributed by atoms with Crippen molar-refractivity contribution in [1.29, 1.82) is 0 Å². The van der Waals surface area contributed by atoms with Crippen LogP contribution in [-0.2, 0) is 19.1 Å². The normalized spacial score (nSPS) is 28.9. The minimum atomic E-state index is -0.923. The average Bonchev–Trinajstić information content (AvgIpc) is 2.77. The monoisotopic (exact) mass is 493 g/mol. The molecular formula is C28H47NO6. The van der Waals surface area contributed by atoms with Crippen LogP contribution in [-0.4, -0.2) is 53.7 Å². The van der Waals surface area contributed by atoms with Crippen LogP contribution in [0.4, 0.5) is 0 Å². The van der Waals surface area contributed by atoms with Gasteiger partial charge in [0.25, 0.3) is 0 Å². The second-order valence-corrected chi connectivity index (χ2v) is 11.2. The highest BCUT2D eigenvalue weighted by atomic mass is 16.5. The highest BCUT2D eigenvalue weighted by Gasteiger charge is 2.42. The lowest BCUT2D eigenvalue weighted by molar-refractivity contribution is -0.164. The van der Waals surface area contributed by atoms with Gasteiger partial charge < -0.3 is 25.0 Å². The number of rotatable bonds is 12. The van der Waals surface area contributed by atoms with E-state index >= 15 is 0 Å². The summed E-state index contributed by atoms with van der Waals surface area (Å²) in [7, 11) is 1.50. The summed E-state index contributed by atoms with van der Waals surface area (Å²) in [5.41, 5.74) is 0.702. The highest BCUT2D eigenvalue weighted by Crippen LogP contribution is 2.45. The van der Waals surface area contributed by atoms with E-state index in [0.29, 0.717) is 12.3 Å². The summed E-state index contributed by atoms with van der Waals surface area (Å²) >= 11 is 0. The van der Waals surface area contributed by atoms with Gasteiger partial charge in [-0.3, -0.25) is 9.59 Å². The fourth-order valence-electron chi connectivity index (χ4n) is 5.12. The lowest BCUT2D eigenvalue weighted by atomic mass is 9.65. The van der Waals surface area contributed by atoms with Crippen molar-refractivity contribution < 1.29 is 29.3 Å². The van der Waals surface area contributed by atoms with Gasteiger partial charge in [-0.15, -0.1) is 0 Å². The molecule has 0 heterocycles. The van der Waals surface area contributed by atoms with Crippen molar-refractivity contribution in [2.75, 3.05) is 7.11 Å². The molecule has 0 saturated heterocycles. The fraction of sp³-hybridized carbons (Fsp3) is 0.786. The van der Waals surface area contributed by atoms with Gasteiger partial charge >= 0.3 is 5.97 Å². The molecule has 8 atom stereocenters. The Morgan fingerprint density at radius 1 is 1.23 bits per heavy atom. The third-order valence-electron chi connectivity index (χ3n) is 7.81. The van der Waals surface area contributed by atoms with Crippen molar-refractivity contribution in [3.05, 3.63) is 23.8 Å². The summed E-state index contributed by atoms with van der Waals surface area (Å²) in [5, 5.41) is 23.5. The predicted octanol–water partition coefficient (Wildman–Crippen LogP) is 4.13. The quantitative estimate of drug-likeness (QED) is 0.279. The number of amides is 1. The predicted molar refractivity (Wildman–Crippen MR) is 136 cm³/mol. The molecule has 0 aromatic rings. The zero-order valence-corrected chi connectivity index (χ0v) is 22.6. The van der Waals surface area contributed by atoms with Gasteiger partial charge in [0.15, 0.2) is 0 Å². The Labute approximate surface area is 211 Å². The van der Waals surface area contributed by atoms with Crippen LogP contribution >= 0.6 is 0 Å². The van der Waals surface area contributed by atoms with E-state index in [1.807, 2.05) is 20.8 Å². The molecule has 0 radical (unpaired) electrons. The maximum atomic E-state index is 12.9. The van der Waals surface area contributed by atoms with Gasteiger partial charge in [0.1, 0.15) is 12.3 Å². The van der Waals surface area contributed by atoms with Crippen LogP contribution in [0.5, 0.6) is 0 Å². The number of methoxy groups -OCH3 is 1. The molecule has 0 spiro atoms. The van der Waals surface area contributed by atoms with E-state index in [2.05, 4.69) is 37.4 Å². The Morgan fingerprint density at radius 2 is 1.91 bits per heavy atom. The third-order valence-corrected chi connectivity index (χ3v) is 7.81. The number of nitrogens with one attached hydrogen (secondary N) is 1. The van der Waals surface area contributed by atoms with E-state index in [1.165, 1.54) is 12.7 Å². The first-order valence-corrected chi connectivity index (χ1v) is 13.2. The van der Waals surface area contributed by atoms with Crippen LogP contribution in [0.25, 0.3) is 0 Å². The number of hydrogen-bond donors (Lipinski definition) is 3. The lowest BCUT2D eigenvalue weighted by Crippen LogP contribution is -2.43. The van der Waals surface area contributed by atoms with Gasteiger partial charge in [0.2, 0.25) is 5.91 Å². The minimum absolute atomic E-state index is 0.0774. The number of aliphatic hydroxyl groups excluding tert-OH is 2. The Balaban J connectivity index is 2.03. The summed E-state index contributed by atoms with van der Waals surface area (Å²) in [6, 6.07) is 0. The summed E-state index contributed by atoms with van der Waals surface area (Å²) in [4.78, 5) is 24.9. The zero-order valence-electron chi connectivity index (χ0n) is 22.6. The lowest BCUT2D eigenvalue weighted by Gasteiger charge is -2.44. The van der Waals surface area contributed by atoms with Crippen molar-refractivity contribution in [2.45, 2.75) is 105 Å². The van der Waals surface area contributed by atoms with E-state index in [-0.39, 0.29) is 48.6 Å². The number of carbonyl (C=O) groups is 2. The first kappa shape index (κ1) is 29.5. The Morgan fingerprint density at radius 3 is 2.54 bits per heavy atom. The van der Waals surface area contributed by atoms with Crippen LogP contribution in [0.15, 0.2) is 23.8 Å². The molecule has 7 nitrogen and oxygen atoms in total. The maximum absolute atomic E-state index is 12.9. The van der Waals surface area contributed by atoms with Crippen molar-refractivity contribution >= 4 is 11.9 Å². The van der Waals surface area contributed by atoms with Gasteiger partial charge in [-0.25, -0.2) is 0 Å².